The number of allylic oxidation sites excluding steroid dienone is 9. The van der Waals surface area contributed by atoms with Crippen LogP contribution in [0.1, 0.15) is 341 Å². The van der Waals surface area contributed by atoms with Gasteiger partial charge in [-0.2, -0.15) is 0 Å². The lowest BCUT2D eigenvalue weighted by molar-refractivity contribution is -0.870. The van der Waals surface area contributed by atoms with Crippen LogP contribution >= 0.6 is 7.82 Å². The van der Waals surface area contributed by atoms with Crippen LogP contribution in [0.4, 0.5) is 0 Å². The summed E-state index contributed by atoms with van der Waals surface area (Å²) in [4.78, 5) is 23.4. The zero-order chi connectivity index (χ0) is 59.1. The van der Waals surface area contributed by atoms with Crippen LogP contribution in [0.15, 0.2) is 60.8 Å². The number of hydrogen-bond acceptors (Lipinski definition) is 5. The Labute approximate surface area is 504 Å². The first-order chi connectivity index (χ1) is 39.5. The van der Waals surface area contributed by atoms with Crippen molar-refractivity contribution in [3.63, 3.8) is 0 Å². The standard InChI is InChI=1S/C72H137N2O6P/c1-6-8-10-12-14-16-18-20-22-24-26-28-30-32-34-36-37-38-40-42-44-46-48-50-52-54-56-58-60-62-64-66-72(76)73-70(69-80-81(77,78)79-68-67-74(3,4)5)71(75)65-63-61-59-57-55-53-51-49-47-45-43-41-39-35-33-31-29-27-25-23-21-19-17-15-13-11-9-7-2/h8,10,14,16,20,22,26,28,63,65,70-71,75H,6-7,9,11-13,15,17-19,21,23-25,27,29-62,64,66-69H2,1-5H3,(H-,73,76,77,78)/p+1/b10-8-,16-14-,22-20-,28-26-,65-63+. The number of hydrogen-bond donors (Lipinski definition) is 3. The maximum Gasteiger partial charge on any atom is 0.472 e. The fourth-order valence-corrected chi connectivity index (χ4v) is 11.3. The summed E-state index contributed by atoms with van der Waals surface area (Å²) in [7, 11) is 1.58. The second-order valence-corrected chi connectivity index (χ2v) is 26.7. The number of phosphoric acid groups is 1. The molecule has 0 rings (SSSR count). The highest BCUT2D eigenvalue weighted by molar-refractivity contribution is 7.47. The summed E-state index contributed by atoms with van der Waals surface area (Å²) in [5.74, 6) is -0.172. The van der Waals surface area contributed by atoms with Gasteiger partial charge in [0.05, 0.1) is 39.9 Å². The number of quaternary nitrogens is 1. The van der Waals surface area contributed by atoms with Gasteiger partial charge in [-0.3, -0.25) is 13.8 Å². The minimum atomic E-state index is -4.35. The van der Waals surface area contributed by atoms with Crippen LogP contribution in [-0.4, -0.2) is 73.4 Å². The molecule has 476 valence electrons. The highest BCUT2D eigenvalue weighted by atomic mass is 31.2. The van der Waals surface area contributed by atoms with Crippen molar-refractivity contribution >= 4 is 13.7 Å². The molecule has 3 unspecified atom stereocenters. The van der Waals surface area contributed by atoms with Crippen molar-refractivity contribution in [2.24, 2.45) is 0 Å². The Bertz CT molecular complexity index is 1500. The fourth-order valence-electron chi connectivity index (χ4n) is 10.6. The number of rotatable bonds is 65. The molecule has 3 N–H and O–H groups in total. The van der Waals surface area contributed by atoms with E-state index < -0.39 is 20.0 Å². The van der Waals surface area contributed by atoms with Crippen molar-refractivity contribution in [1.29, 1.82) is 0 Å². The number of nitrogens with zero attached hydrogens (tertiary/aromatic N) is 1. The molecule has 0 heterocycles. The smallest absolute Gasteiger partial charge is 0.387 e. The predicted octanol–water partition coefficient (Wildman–Crippen LogP) is 22.4. The van der Waals surface area contributed by atoms with Crippen LogP contribution in [0.5, 0.6) is 0 Å². The average molecular weight is 1160 g/mol. The molecule has 0 aliphatic rings. The molecule has 0 aliphatic carbocycles. The molecule has 0 aromatic heterocycles. The normalized spacial score (nSPS) is 14.0. The molecule has 0 radical (unpaired) electrons. The van der Waals surface area contributed by atoms with Gasteiger partial charge in [-0.25, -0.2) is 4.57 Å². The van der Waals surface area contributed by atoms with Gasteiger partial charge in [0, 0.05) is 6.42 Å². The van der Waals surface area contributed by atoms with Gasteiger partial charge < -0.3 is 19.8 Å². The fraction of sp³-hybridized carbons (Fsp3) is 0.847. The van der Waals surface area contributed by atoms with Gasteiger partial charge in [0.1, 0.15) is 13.2 Å². The van der Waals surface area contributed by atoms with E-state index in [1.54, 1.807) is 6.08 Å². The molecule has 81 heavy (non-hydrogen) atoms. The molecule has 0 saturated heterocycles. The minimum Gasteiger partial charge on any atom is -0.387 e. The number of likely N-dealkylation sites (N-methyl/N-ethyl adjacent to an activating group) is 1. The summed E-state index contributed by atoms with van der Waals surface area (Å²) >= 11 is 0. The summed E-state index contributed by atoms with van der Waals surface area (Å²) in [6, 6.07) is -0.849. The van der Waals surface area contributed by atoms with Crippen molar-refractivity contribution in [2.75, 3.05) is 40.9 Å². The first-order valence-corrected chi connectivity index (χ1v) is 36.7. The van der Waals surface area contributed by atoms with E-state index in [9.17, 15) is 19.4 Å². The molecule has 1 amide bonds. The molecule has 0 aliphatic heterocycles. The quantitative estimate of drug-likeness (QED) is 0.0243. The van der Waals surface area contributed by atoms with Crippen molar-refractivity contribution in [2.45, 2.75) is 353 Å². The molecular weight excluding hydrogens is 1020 g/mol. The maximum atomic E-state index is 13.1. The second kappa shape index (κ2) is 62.7. The molecular formula is C72H138N2O6P+. The molecule has 9 heteroatoms. The van der Waals surface area contributed by atoms with E-state index in [-0.39, 0.29) is 19.1 Å². The summed E-state index contributed by atoms with van der Waals surface area (Å²) in [5, 5.41) is 14.0. The van der Waals surface area contributed by atoms with Gasteiger partial charge in [0.2, 0.25) is 5.91 Å². The number of amides is 1. The molecule has 0 saturated carbocycles. The molecule has 0 aromatic rings. The Morgan fingerprint density at radius 1 is 0.432 bits per heavy atom. The van der Waals surface area contributed by atoms with E-state index in [0.29, 0.717) is 17.4 Å². The van der Waals surface area contributed by atoms with Crippen LogP contribution in [0.3, 0.4) is 0 Å². The third kappa shape index (κ3) is 65.6. The number of nitrogens with one attached hydrogen (secondary N) is 1. The monoisotopic (exact) mass is 1160 g/mol. The molecule has 0 bridgehead atoms. The van der Waals surface area contributed by atoms with Crippen LogP contribution < -0.4 is 5.32 Å². The van der Waals surface area contributed by atoms with Gasteiger partial charge in [-0.15, -0.1) is 0 Å². The Hall–Kier alpha value is -1.80. The number of phosphoric ester groups is 1. The molecule has 0 fully saturated rings. The summed E-state index contributed by atoms with van der Waals surface area (Å²) in [6.45, 7) is 4.75. The Kier molecular flexibility index (Phi) is 61.3. The van der Waals surface area contributed by atoms with E-state index in [1.807, 2.05) is 27.2 Å². The molecule has 0 aromatic carbocycles. The summed E-state index contributed by atoms with van der Waals surface area (Å²) in [6.07, 6.45) is 86.5. The van der Waals surface area contributed by atoms with Gasteiger partial charge in [-0.05, 0) is 57.8 Å². The van der Waals surface area contributed by atoms with Gasteiger partial charge in [-0.1, -0.05) is 338 Å². The number of carbonyl (C=O) groups excluding carboxylic acids is 1. The number of carbonyl (C=O) groups is 1. The van der Waals surface area contributed by atoms with E-state index in [4.69, 9.17) is 9.05 Å². The zero-order valence-corrected chi connectivity index (χ0v) is 55.4. The Balaban J connectivity index is 4.05. The van der Waals surface area contributed by atoms with E-state index in [2.05, 4.69) is 67.8 Å². The SMILES string of the molecule is CC/C=C\C/C=C\C/C=C\C/C=C\CCCCCCCCCCCCCCCCCCCCC(=O)NC(COP(=O)(O)OCC[N+](C)(C)C)C(O)/C=C/CCCCCCCCCCCCCCCCCCCCCCCCCCCC. The lowest BCUT2D eigenvalue weighted by Crippen LogP contribution is -2.45. The van der Waals surface area contributed by atoms with Crippen LogP contribution in [-0.2, 0) is 18.4 Å². The Morgan fingerprint density at radius 2 is 0.741 bits per heavy atom. The Morgan fingerprint density at radius 3 is 1.09 bits per heavy atom. The average Bonchev–Trinajstić information content (AvgIpc) is 3.43. The lowest BCUT2D eigenvalue weighted by Gasteiger charge is -2.25. The van der Waals surface area contributed by atoms with Crippen molar-refractivity contribution in [1.82, 2.24) is 5.32 Å². The highest BCUT2D eigenvalue weighted by Crippen LogP contribution is 2.43. The zero-order valence-electron chi connectivity index (χ0n) is 54.5. The third-order valence-electron chi connectivity index (χ3n) is 16.0. The third-order valence-corrected chi connectivity index (χ3v) is 17.0. The number of aliphatic hydroxyl groups is 1. The van der Waals surface area contributed by atoms with Crippen molar-refractivity contribution in [3.05, 3.63) is 60.8 Å². The predicted molar refractivity (Wildman–Crippen MR) is 355 cm³/mol. The number of unbranched alkanes of at least 4 members (excludes halogenated alkanes) is 44. The van der Waals surface area contributed by atoms with Crippen LogP contribution in [0.2, 0.25) is 0 Å². The largest absolute Gasteiger partial charge is 0.472 e. The van der Waals surface area contributed by atoms with E-state index in [0.717, 1.165) is 64.2 Å². The van der Waals surface area contributed by atoms with E-state index in [1.165, 1.54) is 257 Å². The lowest BCUT2D eigenvalue weighted by atomic mass is 10.0. The topological polar surface area (TPSA) is 105 Å². The minimum absolute atomic E-state index is 0.0620. The highest BCUT2D eigenvalue weighted by Gasteiger charge is 2.28. The van der Waals surface area contributed by atoms with Gasteiger partial charge in [0.15, 0.2) is 0 Å². The van der Waals surface area contributed by atoms with E-state index >= 15 is 0 Å². The van der Waals surface area contributed by atoms with Crippen LogP contribution in [0.25, 0.3) is 0 Å². The second-order valence-electron chi connectivity index (χ2n) is 25.2. The van der Waals surface area contributed by atoms with Gasteiger partial charge in [0.25, 0.3) is 0 Å². The van der Waals surface area contributed by atoms with Gasteiger partial charge >= 0.3 is 7.82 Å². The molecule has 3 atom stereocenters. The van der Waals surface area contributed by atoms with Crippen molar-refractivity contribution < 1.29 is 32.9 Å². The molecule has 8 nitrogen and oxygen atoms in total. The molecule has 0 spiro atoms. The number of aliphatic hydroxyl groups excluding tert-OH is 1. The maximum absolute atomic E-state index is 13.1. The van der Waals surface area contributed by atoms with Crippen LogP contribution in [0, 0.1) is 0 Å². The summed E-state index contributed by atoms with van der Waals surface area (Å²) < 4.78 is 23.8. The summed E-state index contributed by atoms with van der Waals surface area (Å²) in [5.41, 5.74) is 0. The van der Waals surface area contributed by atoms with Crippen molar-refractivity contribution in [3.8, 4) is 0 Å². The first-order valence-electron chi connectivity index (χ1n) is 35.2. The first kappa shape index (κ1) is 79.2.